The van der Waals surface area contributed by atoms with Crippen LogP contribution in [0.4, 0.5) is 0 Å². The van der Waals surface area contributed by atoms with E-state index >= 15 is 0 Å². The molecule has 0 aromatic rings. The molecule has 0 fully saturated rings. The first-order valence-electron chi connectivity index (χ1n) is 0.424. The number of hydrogen-bond acceptors (Lipinski definition) is 1. The standard InChI is InChI=1S/GeH4.HN3/c;1-3-2/h1H4;1H. The van der Waals surface area contributed by atoms with E-state index < -0.39 is 0 Å². The van der Waals surface area contributed by atoms with Gasteiger partial charge in [0.15, 0.2) is 0 Å². The third-order valence-corrected chi connectivity index (χ3v) is 0. The Hall–Kier alpha value is -0.147. The normalized spacial score (nSPS) is 2.00. The van der Waals surface area contributed by atoms with Crippen molar-refractivity contribution in [1.82, 2.24) is 0 Å². The molecule has 4 heteroatoms. The molecular formula is H5GeN3. The van der Waals surface area contributed by atoms with Crippen molar-refractivity contribution >= 4 is 17.6 Å². The molecule has 0 saturated carbocycles. The van der Waals surface area contributed by atoms with Crippen LogP contribution in [0, 0.1) is 5.53 Å². The molecule has 0 radical (unpaired) electrons. The molecule has 4 heavy (non-hydrogen) atoms. The molecule has 0 heterocycles. The third kappa shape index (κ3) is 62.2. The zero-order valence-electron chi connectivity index (χ0n) is 1.39. The molecule has 1 N–H and O–H groups in total. The second kappa shape index (κ2) is 13.5. The summed E-state index contributed by atoms with van der Waals surface area (Å²) in [6, 6.07) is 0. The molecule has 0 unspecified atom stereocenters. The Morgan fingerprint density at radius 2 is 1.75 bits per heavy atom. The Bertz CT molecular complexity index is 24.3. The minimum absolute atomic E-state index is 0. The van der Waals surface area contributed by atoms with Gasteiger partial charge in [-0.1, -0.05) is 0 Å². The predicted octanol–water partition coefficient (Wildman–Crippen LogP) is -0.576. The van der Waals surface area contributed by atoms with Crippen molar-refractivity contribution in [1.29, 1.82) is 5.53 Å². The fourth-order valence-corrected chi connectivity index (χ4v) is 0. The number of rotatable bonds is 0. The molecule has 0 bridgehead atoms. The first kappa shape index (κ1) is 9.13. The van der Waals surface area contributed by atoms with Gasteiger partial charge in [-0.05, 0) is 10.4 Å². The van der Waals surface area contributed by atoms with Gasteiger partial charge in [0.25, 0.3) is 0 Å². The summed E-state index contributed by atoms with van der Waals surface area (Å²) in [5, 5.41) is 0. The Kier molecular flexibility index (Phi) is 30.7. The van der Waals surface area contributed by atoms with Crippen molar-refractivity contribution in [2.75, 3.05) is 0 Å². The van der Waals surface area contributed by atoms with E-state index in [1.165, 1.54) is 0 Å². The van der Waals surface area contributed by atoms with E-state index in [4.69, 9.17) is 11.1 Å². The fraction of sp³-hybridized carbons (Fsp3) is 0. The molecule has 3 nitrogen and oxygen atoms in total. The molecule has 0 amide bonds. The van der Waals surface area contributed by atoms with Crippen LogP contribution in [-0.4, -0.2) is 17.6 Å². The summed E-state index contributed by atoms with van der Waals surface area (Å²) in [6.07, 6.45) is 0. The van der Waals surface area contributed by atoms with Crippen LogP contribution in [0.5, 0.6) is 0 Å². The molecule has 0 aliphatic carbocycles. The fourth-order valence-electron chi connectivity index (χ4n) is 0. The first-order chi connectivity index (χ1) is 1.41. The molecule has 0 aliphatic rings. The Morgan fingerprint density at radius 3 is 1.75 bits per heavy atom. The van der Waals surface area contributed by atoms with E-state index in [-0.39, 0.29) is 17.6 Å². The summed E-state index contributed by atoms with van der Waals surface area (Å²) >= 11 is 0. The SMILES string of the molecule is [GeH4].[N-]=[N+]=N. The van der Waals surface area contributed by atoms with Gasteiger partial charge < -0.3 is 0 Å². The second-order valence-corrected chi connectivity index (χ2v) is 0.100. The van der Waals surface area contributed by atoms with E-state index in [1.807, 2.05) is 0 Å². The van der Waals surface area contributed by atoms with E-state index in [0.29, 0.717) is 0 Å². The maximum atomic E-state index is 6.86. The van der Waals surface area contributed by atoms with Gasteiger partial charge in [-0.15, -0.1) is 5.53 Å². The van der Waals surface area contributed by atoms with Crippen molar-refractivity contribution in [3.63, 3.8) is 0 Å². The summed E-state index contributed by atoms with van der Waals surface area (Å²) in [5.41, 5.74) is 12.2. The largest absolute Gasteiger partial charge is 0.108 e. The van der Waals surface area contributed by atoms with Crippen molar-refractivity contribution in [2.45, 2.75) is 0 Å². The molecule has 0 aliphatic heterocycles. The number of nitrogens with one attached hydrogen (secondary N) is 1. The summed E-state index contributed by atoms with van der Waals surface area (Å²) in [7, 11) is 0. The molecule has 0 atom stereocenters. The van der Waals surface area contributed by atoms with Crippen molar-refractivity contribution in [2.24, 2.45) is 0 Å². The average molecular weight is 120 g/mol. The predicted molar refractivity (Wildman–Crippen MR) is 20.8 cm³/mol. The van der Waals surface area contributed by atoms with Gasteiger partial charge in [-0.25, -0.2) is 0 Å². The summed E-state index contributed by atoms with van der Waals surface area (Å²) in [4.78, 5) is 1.75. The average Bonchev–Trinajstić information content (AvgIpc) is 0.918. The minimum Gasteiger partial charge on any atom is -0.108 e. The van der Waals surface area contributed by atoms with Gasteiger partial charge in [-0.2, -0.15) is 0 Å². The summed E-state index contributed by atoms with van der Waals surface area (Å²) in [5.74, 6) is 0. The summed E-state index contributed by atoms with van der Waals surface area (Å²) < 4.78 is 0. The van der Waals surface area contributed by atoms with Crippen molar-refractivity contribution in [3.8, 4) is 0 Å². The molecular weight excluding hydrogens is 115 g/mol. The van der Waals surface area contributed by atoms with Crippen LogP contribution < -0.4 is 0 Å². The van der Waals surface area contributed by atoms with E-state index in [1.54, 1.807) is 4.91 Å². The van der Waals surface area contributed by atoms with Crippen molar-refractivity contribution < 1.29 is 0 Å². The smallest absolute Gasteiger partial charge is 0.00208 e. The quantitative estimate of drug-likeness (QED) is 0.192. The van der Waals surface area contributed by atoms with Crippen LogP contribution in [-0.2, 0) is 0 Å². The molecule has 24 valence electrons. The Morgan fingerprint density at radius 1 is 1.75 bits per heavy atom. The van der Waals surface area contributed by atoms with Crippen LogP contribution in [0.25, 0.3) is 10.4 Å². The van der Waals surface area contributed by atoms with Crippen LogP contribution in [0.1, 0.15) is 0 Å². The monoisotopic (exact) mass is 121 g/mol. The minimum atomic E-state index is 0. The van der Waals surface area contributed by atoms with E-state index in [2.05, 4.69) is 0 Å². The van der Waals surface area contributed by atoms with Gasteiger partial charge in [-0.3, -0.25) is 0 Å². The van der Waals surface area contributed by atoms with Gasteiger partial charge >= 0.3 is 17.6 Å². The van der Waals surface area contributed by atoms with Crippen LogP contribution >= 0.6 is 0 Å². The Balaban J connectivity index is 0. The molecule has 0 saturated heterocycles. The maximum Gasteiger partial charge on any atom is -0.00208 e. The number of nitrogens with zero attached hydrogens (tertiary/aromatic N) is 2. The van der Waals surface area contributed by atoms with Gasteiger partial charge in [0, 0.05) is 0 Å². The van der Waals surface area contributed by atoms with Crippen molar-refractivity contribution in [3.05, 3.63) is 10.4 Å². The van der Waals surface area contributed by atoms with E-state index in [9.17, 15) is 0 Å². The van der Waals surface area contributed by atoms with Gasteiger partial charge in [0.2, 0.25) is 0 Å². The second-order valence-electron chi connectivity index (χ2n) is 0.100. The molecule has 0 spiro atoms. The topological polar surface area (TPSA) is 60.3 Å². The van der Waals surface area contributed by atoms with Gasteiger partial charge in [0.05, 0.1) is 0 Å². The van der Waals surface area contributed by atoms with E-state index in [0.717, 1.165) is 0 Å². The summed E-state index contributed by atoms with van der Waals surface area (Å²) in [6.45, 7) is 0. The molecule has 0 aromatic heterocycles. The molecule has 0 rings (SSSR count). The zero-order chi connectivity index (χ0) is 2.71. The molecule has 0 aromatic carbocycles. The first-order valence-corrected chi connectivity index (χ1v) is 0.424. The van der Waals surface area contributed by atoms with Crippen LogP contribution in [0.2, 0.25) is 0 Å². The Labute approximate surface area is 34.4 Å². The number of hydrogen-bond donors (Lipinski definition) is 1. The van der Waals surface area contributed by atoms with Gasteiger partial charge in [0.1, 0.15) is 0 Å². The zero-order valence-corrected chi connectivity index (χ0v) is 1.39. The maximum absolute atomic E-state index is 6.86. The third-order valence-electron chi connectivity index (χ3n) is 0. The van der Waals surface area contributed by atoms with Crippen LogP contribution in [0.3, 0.4) is 0 Å². The van der Waals surface area contributed by atoms with Crippen LogP contribution in [0.15, 0.2) is 0 Å².